The van der Waals surface area contributed by atoms with Crippen LogP contribution in [-0.2, 0) is 4.74 Å². The van der Waals surface area contributed by atoms with Gasteiger partial charge in [0.05, 0.1) is 23.8 Å². The zero-order valence-electron chi connectivity index (χ0n) is 16.0. The minimum atomic E-state index is -0.275. The van der Waals surface area contributed by atoms with Crippen LogP contribution in [0.4, 0.5) is 10.2 Å². The molecular weight excluding hydrogens is 397 g/mol. The zero-order chi connectivity index (χ0) is 20.2. The molecule has 4 rings (SSSR count). The standard InChI is InChI=1S/C21H23ClFN3O3/c22-19-13-15(21(27)26-9-11-28-12-10-26)14-24-20(19)25-7-5-18(6-8-25)29-17-3-1-16(23)2-4-17/h1-4,13-14,18H,5-12H2. The number of hydrogen-bond acceptors (Lipinski definition) is 5. The van der Waals surface area contributed by atoms with Gasteiger partial charge in [0, 0.05) is 45.2 Å². The van der Waals surface area contributed by atoms with Crippen LogP contribution >= 0.6 is 11.6 Å². The van der Waals surface area contributed by atoms with Crippen molar-refractivity contribution < 1.29 is 18.7 Å². The number of nitrogens with zero attached hydrogens (tertiary/aromatic N) is 3. The highest BCUT2D eigenvalue weighted by molar-refractivity contribution is 6.33. The minimum absolute atomic E-state index is 0.0673. The summed E-state index contributed by atoms with van der Waals surface area (Å²) in [5.41, 5.74) is 0.496. The van der Waals surface area contributed by atoms with Gasteiger partial charge in [-0.25, -0.2) is 9.37 Å². The Bertz CT molecular complexity index is 851. The Hall–Kier alpha value is -2.38. The Morgan fingerprint density at radius 2 is 1.83 bits per heavy atom. The lowest BCUT2D eigenvalue weighted by Crippen LogP contribution is -2.41. The fourth-order valence-electron chi connectivity index (χ4n) is 3.62. The van der Waals surface area contributed by atoms with E-state index in [1.54, 1.807) is 29.3 Å². The van der Waals surface area contributed by atoms with Crippen LogP contribution in [0.3, 0.4) is 0 Å². The fraction of sp³-hybridized carbons (Fsp3) is 0.429. The monoisotopic (exact) mass is 419 g/mol. The molecule has 6 nitrogen and oxygen atoms in total. The van der Waals surface area contributed by atoms with Gasteiger partial charge in [-0.3, -0.25) is 4.79 Å². The van der Waals surface area contributed by atoms with E-state index in [-0.39, 0.29) is 17.8 Å². The number of hydrogen-bond donors (Lipinski definition) is 0. The van der Waals surface area contributed by atoms with Crippen molar-refractivity contribution in [3.05, 3.63) is 52.9 Å². The summed E-state index contributed by atoms with van der Waals surface area (Å²) in [6, 6.07) is 7.78. The van der Waals surface area contributed by atoms with Crippen LogP contribution in [0.2, 0.25) is 5.02 Å². The number of benzene rings is 1. The van der Waals surface area contributed by atoms with Crippen LogP contribution in [0.25, 0.3) is 0 Å². The van der Waals surface area contributed by atoms with E-state index in [4.69, 9.17) is 21.1 Å². The summed E-state index contributed by atoms with van der Waals surface area (Å²) in [5.74, 6) is 1.02. The third-order valence-electron chi connectivity index (χ3n) is 5.22. The summed E-state index contributed by atoms with van der Waals surface area (Å²) in [7, 11) is 0. The number of aromatic nitrogens is 1. The lowest BCUT2D eigenvalue weighted by Gasteiger charge is -2.33. The number of halogens is 2. The van der Waals surface area contributed by atoms with Gasteiger partial charge in [-0.05, 0) is 30.3 Å². The summed E-state index contributed by atoms with van der Waals surface area (Å²) >= 11 is 6.46. The molecule has 0 radical (unpaired) electrons. The van der Waals surface area contributed by atoms with Gasteiger partial charge in [-0.15, -0.1) is 0 Å². The van der Waals surface area contributed by atoms with Crippen molar-refractivity contribution in [3.8, 4) is 5.75 Å². The molecule has 1 aromatic heterocycles. The Labute approximate surface area is 174 Å². The zero-order valence-corrected chi connectivity index (χ0v) is 16.8. The first kappa shape index (κ1) is 19.9. The molecule has 29 heavy (non-hydrogen) atoms. The van der Waals surface area contributed by atoms with Gasteiger partial charge >= 0.3 is 0 Å². The van der Waals surface area contributed by atoms with E-state index in [0.717, 1.165) is 25.9 Å². The van der Waals surface area contributed by atoms with Crippen molar-refractivity contribution in [2.24, 2.45) is 0 Å². The van der Waals surface area contributed by atoms with Crippen molar-refractivity contribution in [2.45, 2.75) is 18.9 Å². The molecule has 0 N–H and O–H groups in total. The number of ether oxygens (including phenoxy) is 2. The van der Waals surface area contributed by atoms with Crippen molar-refractivity contribution >= 4 is 23.3 Å². The van der Waals surface area contributed by atoms with E-state index in [2.05, 4.69) is 9.88 Å². The average Bonchev–Trinajstić information content (AvgIpc) is 2.76. The van der Waals surface area contributed by atoms with Crippen molar-refractivity contribution in [1.29, 1.82) is 0 Å². The Morgan fingerprint density at radius 1 is 1.14 bits per heavy atom. The molecule has 1 aromatic carbocycles. The van der Waals surface area contributed by atoms with Crippen LogP contribution in [-0.4, -0.2) is 61.3 Å². The van der Waals surface area contributed by atoms with Crippen LogP contribution in [0.1, 0.15) is 23.2 Å². The van der Waals surface area contributed by atoms with Gasteiger partial charge in [-0.2, -0.15) is 0 Å². The van der Waals surface area contributed by atoms with Gasteiger partial charge in [-0.1, -0.05) is 11.6 Å². The number of rotatable bonds is 4. The molecule has 2 aliphatic rings. The van der Waals surface area contributed by atoms with E-state index in [0.29, 0.717) is 48.5 Å². The SMILES string of the molecule is O=C(c1cnc(N2CCC(Oc3ccc(F)cc3)CC2)c(Cl)c1)N1CCOCC1. The van der Waals surface area contributed by atoms with Crippen LogP contribution in [0, 0.1) is 5.82 Å². The first-order chi connectivity index (χ1) is 14.1. The summed E-state index contributed by atoms with van der Waals surface area (Å²) in [6.45, 7) is 3.77. The molecular formula is C21H23ClFN3O3. The number of morpholine rings is 1. The van der Waals surface area contributed by atoms with Crippen molar-refractivity contribution in [3.63, 3.8) is 0 Å². The maximum absolute atomic E-state index is 13.0. The second-order valence-corrected chi connectivity index (χ2v) is 7.60. The molecule has 0 saturated carbocycles. The molecule has 3 heterocycles. The van der Waals surface area contributed by atoms with Gasteiger partial charge in [0.1, 0.15) is 23.5 Å². The predicted molar refractivity (Wildman–Crippen MR) is 108 cm³/mol. The lowest BCUT2D eigenvalue weighted by molar-refractivity contribution is 0.0302. The molecule has 2 fully saturated rings. The third-order valence-corrected chi connectivity index (χ3v) is 5.50. The number of carbonyl (C=O) groups is 1. The molecule has 2 aromatic rings. The summed E-state index contributed by atoms with van der Waals surface area (Å²) in [6.07, 6.45) is 3.28. The topological polar surface area (TPSA) is 54.9 Å². The number of amides is 1. The first-order valence-corrected chi connectivity index (χ1v) is 10.2. The highest BCUT2D eigenvalue weighted by atomic mass is 35.5. The van der Waals surface area contributed by atoms with E-state index in [1.165, 1.54) is 12.1 Å². The molecule has 1 amide bonds. The smallest absolute Gasteiger partial charge is 0.255 e. The second kappa shape index (κ2) is 8.97. The maximum atomic E-state index is 13.0. The average molecular weight is 420 g/mol. The van der Waals surface area contributed by atoms with E-state index in [1.807, 2.05) is 0 Å². The number of piperidine rings is 1. The van der Waals surface area contributed by atoms with Crippen LogP contribution in [0.5, 0.6) is 5.75 Å². The van der Waals surface area contributed by atoms with E-state index >= 15 is 0 Å². The Kier molecular flexibility index (Phi) is 6.16. The number of pyridine rings is 1. The molecule has 0 spiro atoms. The van der Waals surface area contributed by atoms with Gasteiger partial charge in [0.15, 0.2) is 0 Å². The fourth-order valence-corrected chi connectivity index (χ4v) is 3.91. The molecule has 2 saturated heterocycles. The second-order valence-electron chi connectivity index (χ2n) is 7.19. The summed E-state index contributed by atoms with van der Waals surface area (Å²) < 4.78 is 24.2. The number of anilines is 1. The maximum Gasteiger partial charge on any atom is 0.255 e. The Balaban J connectivity index is 1.35. The Morgan fingerprint density at radius 3 is 2.48 bits per heavy atom. The van der Waals surface area contributed by atoms with Crippen LogP contribution < -0.4 is 9.64 Å². The van der Waals surface area contributed by atoms with Gasteiger partial charge in [0.2, 0.25) is 0 Å². The van der Waals surface area contributed by atoms with Gasteiger partial charge in [0.25, 0.3) is 5.91 Å². The minimum Gasteiger partial charge on any atom is -0.490 e. The van der Waals surface area contributed by atoms with Crippen molar-refractivity contribution in [2.75, 3.05) is 44.3 Å². The molecule has 8 heteroatoms. The normalized spacial score (nSPS) is 18.0. The van der Waals surface area contributed by atoms with Gasteiger partial charge < -0.3 is 19.3 Å². The highest BCUT2D eigenvalue weighted by Gasteiger charge is 2.25. The van der Waals surface area contributed by atoms with E-state index < -0.39 is 0 Å². The molecule has 0 aliphatic carbocycles. The quantitative estimate of drug-likeness (QED) is 0.760. The summed E-state index contributed by atoms with van der Waals surface area (Å²) in [5, 5.41) is 0.474. The predicted octanol–water partition coefficient (Wildman–Crippen LogP) is 3.39. The molecule has 154 valence electrons. The molecule has 0 unspecified atom stereocenters. The van der Waals surface area contributed by atoms with Crippen molar-refractivity contribution in [1.82, 2.24) is 9.88 Å². The van der Waals surface area contributed by atoms with E-state index in [9.17, 15) is 9.18 Å². The lowest BCUT2D eigenvalue weighted by atomic mass is 10.1. The molecule has 0 atom stereocenters. The highest BCUT2D eigenvalue weighted by Crippen LogP contribution is 2.28. The number of carbonyl (C=O) groups excluding carboxylic acids is 1. The molecule has 2 aliphatic heterocycles. The van der Waals surface area contributed by atoms with Crippen LogP contribution in [0.15, 0.2) is 36.5 Å². The largest absolute Gasteiger partial charge is 0.490 e. The summed E-state index contributed by atoms with van der Waals surface area (Å²) in [4.78, 5) is 20.9. The first-order valence-electron chi connectivity index (χ1n) is 9.80. The third kappa shape index (κ3) is 4.79. The molecule has 0 bridgehead atoms.